The van der Waals surface area contributed by atoms with Gasteiger partial charge in [-0.2, -0.15) is 4.98 Å². The van der Waals surface area contributed by atoms with Crippen LogP contribution in [0.25, 0.3) is 11.4 Å². The number of hydrogen-bond donors (Lipinski definition) is 1. The summed E-state index contributed by atoms with van der Waals surface area (Å²) in [6.07, 6.45) is 4.03. The first-order valence-electron chi connectivity index (χ1n) is 7.06. The van der Waals surface area contributed by atoms with Gasteiger partial charge in [0.1, 0.15) is 0 Å². The fourth-order valence-electron chi connectivity index (χ4n) is 2.96. The van der Waals surface area contributed by atoms with E-state index in [1.54, 1.807) is 12.1 Å². The molecule has 2 atom stereocenters. The fourth-order valence-corrected chi connectivity index (χ4v) is 3.26. The van der Waals surface area contributed by atoms with Crippen LogP contribution in [0.15, 0.2) is 22.7 Å². The molecule has 2 aromatic rings. The van der Waals surface area contributed by atoms with E-state index in [9.17, 15) is 0 Å². The van der Waals surface area contributed by atoms with Crippen LogP contribution in [-0.4, -0.2) is 10.1 Å². The van der Waals surface area contributed by atoms with Gasteiger partial charge in [0.25, 0.3) is 0 Å². The lowest BCUT2D eigenvalue weighted by Crippen LogP contribution is -2.41. The molecule has 1 aromatic carbocycles. The van der Waals surface area contributed by atoms with Crippen molar-refractivity contribution >= 4 is 23.2 Å². The second-order valence-corrected chi connectivity index (χ2v) is 6.72. The van der Waals surface area contributed by atoms with Crippen molar-refractivity contribution in [2.75, 3.05) is 0 Å². The fraction of sp³-hybridized carbons (Fsp3) is 0.467. The highest BCUT2D eigenvalue weighted by Crippen LogP contribution is 2.37. The van der Waals surface area contributed by atoms with Gasteiger partial charge in [-0.15, -0.1) is 0 Å². The molecule has 0 bridgehead atoms. The van der Waals surface area contributed by atoms with E-state index in [1.807, 2.05) is 6.07 Å². The van der Waals surface area contributed by atoms with Gasteiger partial charge in [0.2, 0.25) is 11.7 Å². The Morgan fingerprint density at radius 3 is 2.86 bits per heavy atom. The molecule has 0 radical (unpaired) electrons. The Bertz CT molecular complexity index is 658. The van der Waals surface area contributed by atoms with Gasteiger partial charge in [-0.1, -0.05) is 48.1 Å². The Labute approximate surface area is 133 Å². The first-order valence-corrected chi connectivity index (χ1v) is 7.82. The predicted molar refractivity (Wildman–Crippen MR) is 83.3 cm³/mol. The molecule has 1 aliphatic rings. The maximum atomic E-state index is 6.47. The molecule has 1 aliphatic carbocycles. The molecular weight excluding hydrogens is 309 g/mol. The van der Waals surface area contributed by atoms with E-state index >= 15 is 0 Å². The third-order valence-corrected chi connectivity index (χ3v) is 4.80. The predicted octanol–water partition coefficient (Wildman–Crippen LogP) is 4.41. The molecule has 2 unspecified atom stereocenters. The monoisotopic (exact) mass is 325 g/mol. The Hall–Kier alpha value is -1.10. The number of hydrogen-bond acceptors (Lipinski definition) is 4. The summed E-state index contributed by atoms with van der Waals surface area (Å²) < 4.78 is 5.42. The highest BCUT2D eigenvalue weighted by Gasteiger charge is 2.37. The van der Waals surface area contributed by atoms with E-state index in [-0.39, 0.29) is 0 Å². The second kappa shape index (κ2) is 5.59. The summed E-state index contributed by atoms with van der Waals surface area (Å²) in [6.45, 7) is 2.21. The molecule has 3 rings (SSSR count). The smallest absolute Gasteiger partial charge is 0.247 e. The van der Waals surface area contributed by atoms with Crippen LogP contribution in [0.5, 0.6) is 0 Å². The van der Waals surface area contributed by atoms with Crippen LogP contribution >= 0.6 is 23.2 Å². The van der Waals surface area contributed by atoms with E-state index in [2.05, 4.69) is 17.1 Å². The Morgan fingerprint density at radius 1 is 1.33 bits per heavy atom. The van der Waals surface area contributed by atoms with E-state index in [1.165, 1.54) is 6.42 Å². The molecule has 1 aromatic heterocycles. The van der Waals surface area contributed by atoms with Crippen LogP contribution in [0, 0.1) is 5.92 Å². The number of aromatic nitrogens is 2. The number of benzene rings is 1. The zero-order chi connectivity index (χ0) is 15.0. The first-order chi connectivity index (χ1) is 9.98. The molecule has 1 saturated carbocycles. The van der Waals surface area contributed by atoms with Crippen molar-refractivity contribution in [1.82, 2.24) is 10.1 Å². The van der Waals surface area contributed by atoms with Gasteiger partial charge in [-0.3, -0.25) is 0 Å². The SMILES string of the molecule is CC1CCCC(N)(c2nc(-c3ccc(Cl)c(Cl)c3)no2)C1. The number of halogens is 2. The second-order valence-electron chi connectivity index (χ2n) is 5.91. The van der Waals surface area contributed by atoms with Gasteiger partial charge in [0, 0.05) is 5.56 Å². The van der Waals surface area contributed by atoms with Crippen LogP contribution in [0.3, 0.4) is 0 Å². The third kappa shape index (κ3) is 2.93. The summed E-state index contributed by atoms with van der Waals surface area (Å²) in [5.74, 6) is 1.57. The van der Waals surface area contributed by atoms with Crippen LogP contribution in [0.4, 0.5) is 0 Å². The van der Waals surface area contributed by atoms with Crippen LogP contribution in [0.2, 0.25) is 10.0 Å². The lowest BCUT2D eigenvalue weighted by Gasteiger charge is -2.33. The lowest BCUT2D eigenvalue weighted by atomic mass is 9.77. The summed E-state index contributed by atoms with van der Waals surface area (Å²) in [7, 11) is 0. The van der Waals surface area contributed by atoms with Crippen molar-refractivity contribution in [3.63, 3.8) is 0 Å². The molecule has 0 aliphatic heterocycles. The zero-order valence-corrected chi connectivity index (χ0v) is 13.3. The average Bonchev–Trinajstić information content (AvgIpc) is 2.92. The standard InChI is InChI=1S/C15H17Cl2N3O/c1-9-3-2-6-15(18,8-9)14-19-13(20-21-14)10-4-5-11(16)12(17)7-10/h4-5,7,9H,2-3,6,8,18H2,1H3. The molecular formula is C15H17Cl2N3O. The van der Waals surface area contributed by atoms with Crippen molar-refractivity contribution in [3.8, 4) is 11.4 Å². The molecule has 1 fully saturated rings. The third-order valence-electron chi connectivity index (χ3n) is 4.06. The summed E-state index contributed by atoms with van der Waals surface area (Å²) in [5.41, 5.74) is 6.73. The molecule has 4 nitrogen and oxygen atoms in total. The van der Waals surface area contributed by atoms with Crippen molar-refractivity contribution < 1.29 is 4.52 Å². The minimum absolute atomic E-state index is 0.467. The lowest BCUT2D eigenvalue weighted by molar-refractivity contribution is 0.183. The number of nitrogens with zero attached hydrogens (tertiary/aromatic N) is 2. The van der Waals surface area contributed by atoms with Gasteiger partial charge in [-0.25, -0.2) is 0 Å². The molecule has 0 amide bonds. The van der Waals surface area contributed by atoms with Crippen molar-refractivity contribution in [1.29, 1.82) is 0 Å². The van der Waals surface area contributed by atoms with Crippen LogP contribution in [0.1, 0.15) is 38.5 Å². The van der Waals surface area contributed by atoms with E-state index in [4.69, 9.17) is 33.5 Å². The van der Waals surface area contributed by atoms with Crippen molar-refractivity contribution in [2.45, 2.75) is 38.1 Å². The molecule has 0 spiro atoms. The van der Waals surface area contributed by atoms with Gasteiger partial charge in [-0.05, 0) is 37.0 Å². The molecule has 6 heteroatoms. The first kappa shape index (κ1) is 14.8. The normalized spacial score (nSPS) is 26.0. The Balaban J connectivity index is 1.90. The summed E-state index contributed by atoms with van der Waals surface area (Å²) in [5, 5.41) is 5.00. The van der Waals surface area contributed by atoms with Crippen LogP contribution < -0.4 is 5.73 Å². The van der Waals surface area contributed by atoms with E-state index in [0.29, 0.717) is 27.7 Å². The van der Waals surface area contributed by atoms with Crippen LogP contribution in [-0.2, 0) is 5.54 Å². The summed E-state index contributed by atoms with van der Waals surface area (Å²) in [6, 6.07) is 5.26. The van der Waals surface area contributed by atoms with Gasteiger partial charge in [0.05, 0.1) is 15.6 Å². The largest absolute Gasteiger partial charge is 0.337 e. The topological polar surface area (TPSA) is 64.9 Å². The average molecular weight is 326 g/mol. The maximum Gasteiger partial charge on any atom is 0.247 e. The molecule has 2 N–H and O–H groups in total. The van der Waals surface area contributed by atoms with Crippen molar-refractivity contribution in [2.24, 2.45) is 11.7 Å². The minimum atomic E-state index is -0.515. The Morgan fingerprint density at radius 2 is 2.14 bits per heavy atom. The number of rotatable bonds is 2. The minimum Gasteiger partial charge on any atom is -0.337 e. The molecule has 21 heavy (non-hydrogen) atoms. The molecule has 1 heterocycles. The molecule has 0 saturated heterocycles. The zero-order valence-electron chi connectivity index (χ0n) is 11.8. The summed E-state index contributed by atoms with van der Waals surface area (Å²) >= 11 is 11.9. The summed E-state index contributed by atoms with van der Waals surface area (Å²) in [4.78, 5) is 4.48. The quantitative estimate of drug-likeness (QED) is 0.888. The molecule has 112 valence electrons. The highest BCUT2D eigenvalue weighted by molar-refractivity contribution is 6.42. The van der Waals surface area contributed by atoms with Gasteiger partial charge in [0.15, 0.2) is 0 Å². The van der Waals surface area contributed by atoms with Crippen molar-refractivity contribution in [3.05, 3.63) is 34.1 Å². The Kier molecular flexibility index (Phi) is 3.95. The van der Waals surface area contributed by atoms with Gasteiger partial charge < -0.3 is 10.3 Å². The van der Waals surface area contributed by atoms with E-state index in [0.717, 1.165) is 24.8 Å². The highest BCUT2D eigenvalue weighted by atomic mass is 35.5. The number of nitrogens with two attached hydrogens (primary N) is 1. The van der Waals surface area contributed by atoms with E-state index < -0.39 is 5.54 Å². The maximum absolute atomic E-state index is 6.47. The van der Waals surface area contributed by atoms with Gasteiger partial charge >= 0.3 is 0 Å².